The summed E-state index contributed by atoms with van der Waals surface area (Å²) in [7, 11) is 0. The van der Waals surface area contributed by atoms with E-state index in [0.717, 1.165) is 25.7 Å². The zero-order valence-corrected chi connectivity index (χ0v) is 16.4. The first-order chi connectivity index (χ1) is 13.1. The smallest absolute Gasteiger partial charge is 0.349 e. The van der Waals surface area contributed by atoms with E-state index in [9.17, 15) is 18.0 Å². The molecule has 5 nitrogen and oxygen atoms in total. The van der Waals surface area contributed by atoms with Crippen molar-refractivity contribution in [3.05, 3.63) is 45.5 Å². The Morgan fingerprint density at radius 2 is 1.96 bits per heavy atom. The maximum atomic E-state index is 13.1. The van der Waals surface area contributed by atoms with Gasteiger partial charge in [-0.05, 0) is 57.9 Å². The molecule has 0 aliphatic heterocycles. The number of aromatic nitrogens is 3. The van der Waals surface area contributed by atoms with E-state index in [1.54, 1.807) is 19.9 Å². The fourth-order valence-electron chi connectivity index (χ4n) is 3.74. The molecule has 1 aliphatic rings. The predicted octanol–water partition coefficient (Wildman–Crippen LogP) is 4.63. The van der Waals surface area contributed by atoms with E-state index in [1.165, 1.54) is 6.20 Å². The maximum Gasteiger partial charge on any atom is 0.435 e. The molecule has 0 spiro atoms. The number of rotatable bonds is 4. The van der Waals surface area contributed by atoms with Gasteiger partial charge in [0.1, 0.15) is 0 Å². The van der Waals surface area contributed by atoms with Gasteiger partial charge in [-0.2, -0.15) is 18.3 Å². The Kier molecular flexibility index (Phi) is 5.98. The van der Waals surface area contributed by atoms with E-state index in [-0.39, 0.29) is 23.4 Å². The summed E-state index contributed by atoms with van der Waals surface area (Å²) in [6, 6.07) is 1.58. The molecule has 0 saturated heterocycles. The molecule has 1 aliphatic carbocycles. The predicted molar refractivity (Wildman–Crippen MR) is 99.2 cm³/mol. The van der Waals surface area contributed by atoms with Crippen molar-refractivity contribution in [3.8, 4) is 0 Å². The molecule has 28 heavy (non-hydrogen) atoms. The van der Waals surface area contributed by atoms with Crippen LogP contribution in [0.4, 0.5) is 13.2 Å². The quantitative estimate of drug-likeness (QED) is 0.766. The van der Waals surface area contributed by atoms with Crippen molar-refractivity contribution in [3.63, 3.8) is 0 Å². The van der Waals surface area contributed by atoms with Crippen LogP contribution < -0.4 is 5.32 Å². The van der Waals surface area contributed by atoms with E-state index >= 15 is 0 Å². The number of carbonyl (C=O) groups is 1. The number of aryl methyl sites for hydroxylation is 2. The molecule has 9 heteroatoms. The normalized spacial score (nSPS) is 20.2. The fraction of sp³-hybridized carbons (Fsp3) is 0.526. The molecule has 2 heterocycles. The standard InChI is InChI=1S/C19H22ClF3N4O/c1-10-16(8-13(20)9-24-10)18(28)25-14-5-3-12(4-6-14)7-15-11(2)26-27-17(15)19(21,22)23/h8-9,12,14H,3-7H2,1-2H3,(H,25,28)(H,26,27)/t12-,14-. The average molecular weight is 415 g/mol. The van der Waals surface area contributed by atoms with E-state index in [1.807, 2.05) is 0 Å². The second-order valence-corrected chi connectivity index (χ2v) is 7.79. The van der Waals surface area contributed by atoms with E-state index in [0.29, 0.717) is 28.4 Å². The van der Waals surface area contributed by atoms with Crippen molar-refractivity contribution < 1.29 is 18.0 Å². The zero-order valence-electron chi connectivity index (χ0n) is 15.7. The van der Waals surface area contributed by atoms with Crippen molar-refractivity contribution >= 4 is 17.5 Å². The van der Waals surface area contributed by atoms with Crippen molar-refractivity contribution in [2.75, 3.05) is 0 Å². The second-order valence-electron chi connectivity index (χ2n) is 7.36. The molecule has 1 amide bonds. The highest BCUT2D eigenvalue weighted by Crippen LogP contribution is 2.35. The van der Waals surface area contributed by atoms with Gasteiger partial charge in [0.15, 0.2) is 5.69 Å². The molecule has 0 radical (unpaired) electrons. The maximum absolute atomic E-state index is 13.1. The van der Waals surface area contributed by atoms with Gasteiger partial charge in [0.2, 0.25) is 0 Å². The number of aromatic amines is 1. The van der Waals surface area contributed by atoms with Crippen LogP contribution in [0.1, 0.15) is 58.7 Å². The van der Waals surface area contributed by atoms with Crippen LogP contribution in [0.3, 0.4) is 0 Å². The van der Waals surface area contributed by atoms with Gasteiger partial charge in [-0.1, -0.05) is 11.6 Å². The third-order valence-electron chi connectivity index (χ3n) is 5.32. The summed E-state index contributed by atoms with van der Waals surface area (Å²) in [6.07, 6.45) is 0.331. The van der Waals surface area contributed by atoms with Crippen molar-refractivity contribution in [1.29, 1.82) is 0 Å². The number of nitrogens with zero attached hydrogens (tertiary/aromatic N) is 2. The summed E-state index contributed by atoms with van der Waals surface area (Å²) in [4.78, 5) is 16.6. The lowest BCUT2D eigenvalue weighted by molar-refractivity contribution is -0.141. The minimum absolute atomic E-state index is 0.00494. The van der Waals surface area contributed by atoms with Gasteiger partial charge in [-0.15, -0.1) is 0 Å². The number of halogens is 4. The SMILES string of the molecule is Cc1ncc(Cl)cc1C(=O)N[C@H]1CC[C@H](Cc2c(C(F)(F)F)n[nH]c2C)CC1. The Balaban J connectivity index is 1.58. The molecular formula is C19H22ClF3N4O. The second kappa shape index (κ2) is 8.11. The van der Waals surface area contributed by atoms with Crippen molar-refractivity contribution in [2.45, 2.75) is 58.2 Å². The number of carbonyl (C=O) groups excluding carboxylic acids is 1. The molecule has 2 N–H and O–H groups in total. The van der Waals surface area contributed by atoms with Crippen molar-refractivity contribution in [1.82, 2.24) is 20.5 Å². The third-order valence-corrected chi connectivity index (χ3v) is 5.52. The lowest BCUT2D eigenvalue weighted by atomic mass is 9.82. The van der Waals surface area contributed by atoms with Crippen LogP contribution in [-0.4, -0.2) is 27.1 Å². The number of pyridine rings is 1. The highest BCUT2D eigenvalue weighted by molar-refractivity contribution is 6.30. The summed E-state index contributed by atoms with van der Waals surface area (Å²) >= 11 is 5.92. The number of hydrogen-bond donors (Lipinski definition) is 2. The number of nitrogens with one attached hydrogen (secondary N) is 2. The zero-order chi connectivity index (χ0) is 20.5. The molecular weight excluding hydrogens is 393 g/mol. The minimum atomic E-state index is -4.45. The van der Waals surface area contributed by atoms with Crippen LogP contribution >= 0.6 is 11.6 Å². The van der Waals surface area contributed by atoms with Crippen LogP contribution in [0.2, 0.25) is 5.02 Å². The van der Waals surface area contributed by atoms with Crippen molar-refractivity contribution in [2.24, 2.45) is 5.92 Å². The number of alkyl halides is 3. The van der Waals surface area contributed by atoms with Gasteiger partial charge >= 0.3 is 6.18 Å². The Morgan fingerprint density at radius 1 is 1.29 bits per heavy atom. The molecule has 2 aromatic rings. The van der Waals surface area contributed by atoms with Gasteiger partial charge in [0.25, 0.3) is 5.91 Å². The Hall–Kier alpha value is -2.09. The Bertz CT molecular complexity index is 857. The van der Waals surface area contributed by atoms with Crippen LogP contribution in [0.15, 0.2) is 12.3 Å². The molecule has 1 saturated carbocycles. The van der Waals surface area contributed by atoms with Gasteiger partial charge < -0.3 is 5.32 Å². The summed E-state index contributed by atoms with van der Waals surface area (Å²) in [5.41, 5.74) is 0.945. The largest absolute Gasteiger partial charge is 0.435 e. The summed E-state index contributed by atoms with van der Waals surface area (Å²) in [5, 5.41) is 9.28. The Labute approximate surface area is 166 Å². The summed E-state index contributed by atoms with van der Waals surface area (Å²) in [5.74, 6) is -0.0823. The Morgan fingerprint density at radius 3 is 2.61 bits per heavy atom. The molecule has 0 aromatic carbocycles. The fourth-order valence-corrected chi connectivity index (χ4v) is 3.89. The number of hydrogen-bond acceptors (Lipinski definition) is 3. The van der Waals surface area contributed by atoms with E-state index < -0.39 is 11.9 Å². The van der Waals surface area contributed by atoms with Gasteiger partial charge in [-0.3, -0.25) is 14.9 Å². The van der Waals surface area contributed by atoms with Gasteiger partial charge in [-0.25, -0.2) is 0 Å². The monoisotopic (exact) mass is 414 g/mol. The lowest BCUT2D eigenvalue weighted by Crippen LogP contribution is -2.38. The molecule has 3 rings (SSSR count). The highest BCUT2D eigenvalue weighted by Gasteiger charge is 2.38. The lowest BCUT2D eigenvalue weighted by Gasteiger charge is -2.29. The van der Waals surface area contributed by atoms with Crippen LogP contribution in [0.25, 0.3) is 0 Å². The topological polar surface area (TPSA) is 70.7 Å². The molecule has 2 aromatic heterocycles. The van der Waals surface area contributed by atoms with Gasteiger partial charge in [0.05, 0.1) is 16.3 Å². The number of amides is 1. The van der Waals surface area contributed by atoms with Crippen LogP contribution in [0, 0.1) is 19.8 Å². The average Bonchev–Trinajstić information content (AvgIpc) is 2.99. The molecule has 152 valence electrons. The van der Waals surface area contributed by atoms with Crippen LogP contribution in [0.5, 0.6) is 0 Å². The van der Waals surface area contributed by atoms with Crippen LogP contribution in [-0.2, 0) is 12.6 Å². The molecule has 0 atom stereocenters. The molecule has 0 unspecified atom stereocenters. The summed E-state index contributed by atoms with van der Waals surface area (Å²) < 4.78 is 39.3. The third kappa shape index (κ3) is 4.66. The van der Waals surface area contributed by atoms with Gasteiger partial charge in [0, 0.05) is 23.5 Å². The summed E-state index contributed by atoms with van der Waals surface area (Å²) in [6.45, 7) is 3.36. The van der Waals surface area contributed by atoms with E-state index in [2.05, 4.69) is 20.5 Å². The first-order valence-corrected chi connectivity index (χ1v) is 9.57. The molecule has 1 fully saturated rings. The first kappa shape index (κ1) is 20.6. The first-order valence-electron chi connectivity index (χ1n) is 9.19. The highest BCUT2D eigenvalue weighted by atomic mass is 35.5. The van der Waals surface area contributed by atoms with E-state index in [4.69, 9.17) is 11.6 Å². The minimum Gasteiger partial charge on any atom is -0.349 e. The molecule has 0 bridgehead atoms. The number of H-pyrrole nitrogens is 1.